The Morgan fingerprint density at radius 1 is 1.33 bits per heavy atom. The van der Waals surface area contributed by atoms with Crippen molar-refractivity contribution in [1.29, 1.82) is 0 Å². The first-order valence-corrected chi connectivity index (χ1v) is 8.02. The molecule has 0 saturated carbocycles. The van der Waals surface area contributed by atoms with Gasteiger partial charge in [-0.05, 0) is 17.7 Å². The summed E-state index contributed by atoms with van der Waals surface area (Å²) >= 11 is 0. The molecule has 1 amide bonds. The fourth-order valence-electron chi connectivity index (χ4n) is 3.32. The minimum absolute atomic E-state index is 0.0217. The Labute approximate surface area is 140 Å². The number of para-hydroxylation sites is 2. The van der Waals surface area contributed by atoms with Crippen LogP contribution in [-0.2, 0) is 11.3 Å². The number of pyridine rings is 1. The molecule has 2 atom stereocenters. The molecule has 0 spiro atoms. The molecule has 2 aliphatic heterocycles. The van der Waals surface area contributed by atoms with Gasteiger partial charge in [-0.1, -0.05) is 18.2 Å². The van der Waals surface area contributed by atoms with Crippen LogP contribution in [-0.4, -0.2) is 41.6 Å². The third kappa shape index (κ3) is 2.80. The number of carbonyl (C=O) groups is 1. The van der Waals surface area contributed by atoms with E-state index in [4.69, 9.17) is 9.47 Å². The Bertz CT molecular complexity index is 747. The number of aromatic nitrogens is 1. The highest BCUT2D eigenvalue weighted by Gasteiger charge is 2.39. The molecule has 6 nitrogen and oxygen atoms in total. The average molecular weight is 325 g/mol. The number of rotatable bonds is 3. The van der Waals surface area contributed by atoms with Crippen molar-refractivity contribution in [2.75, 3.05) is 19.0 Å². The molecule has 24 heavy (non-hydrogen) atoms. The number of fused-ring (bicyclic) bond motifs is 3. The molecule has 4 rings (SSSR count). The van der Waals surface area contributed by atoms with Gasteiger partial charge in [0.05, 0.1) is 18.8 Å². The van der Waals surface area contributed by atoms with Crippen molar-refractivity contribution in [1.82, 2.24) is 9.88 Å². The maximum absolute atomic E-state index is 12.6. The van der Waals surface area contributed by atoms with E-state index in [1.54, 1.807) is 13.3 Å². The number of carbonyl (C=O) groups excluding carboxylic acids is 1. The number of nitrogens with zero attached hydrogens (tertiary/aromatic N) is 2. The molecule has 2 bridgehead atoms. The number of nitrogens with one attached hydrogen (secondary N) is 1. The summed E-state index contributed by atoms with van der Waals surface area (Å²) in [6.07, 6.45) is 2.51. The SMILES string of the molecule is COc1ccc(CN2C[C@@H]3C[C@H]2C(=O)Nc2ccccc2O3)cn1. The predicted octanol–water partition coefficient (Wildman–Crippen LogP) is 2.06. The summed E-state index contributed by atoms with van der Waals surface area (Å²) in [5, 5.41) is 2.98. The largest absolute Gasteiger partial charge is 0.487 e. The Kier molecular flexibility index (Phi) is 3.82. The molecule has 1 fully saturated rings. The normalized spacial score (nSPS) is 22.8. The number of hydrogen-bond acceptors (Lipinski definition) is 5. The van der Waals surface area contributed by atoms with E-state index in [2.05, 4.69) is 15.2 Å². The molecule has 6 heteroatoms. The van der Waals surface area contributed by atoms with Gasteiger partial charge in [0.1, 0.15) is 11.9 Å². The summed E-state index contributed by atoms with van der Waals surface area (Å²) in [4.78, 5) is 19.0. The number of amides is 1. The average Bonchev–Trinajstić information content (AvgIpc) is 3.00. The summed E-state index contributed by atoms with van der Waals surface area (Å²) < 4.78 is 11.2. The maximum atomic E-state index is 12.6. The van der Waals surface area contributed by atoms with Crippen LogP contribution in [0.25, 0.3) is 0 Å². The van der Waals surface area contributed by atoms with Crippen LogP contribution in [0.15, 0.2) is 42.6 Å². The van der Waals surface area contributed by atoms with Gasteiger partial charge in [-0.25, -0.2) is 4.98 Å². The second-order valence-corrected chi connectivity index (χ2v) is 6.12. The third-order valence-corrected chi connectivity index (χ3v) is 4.50. The third-order valence-electron chi connectivity index (χ3n) is 4.50. The zero-order chi connectivity index (χ0) is 16.5. The lowest BCUT2D eigenvalue weighted by Crippen LogP contribution is -2.39. The van der Waals surface area contributed by atoms with E-state index < -0.39 is 0 Å². The molecule has 2 aromatic rings. The number of methoxy groups -OCH3 is 1. The highest BCUT2D eigenvalue weighted by Crippen LogP contribution is 2.33. The highest BCUT2D eigenvalue weighted by molar-refractivity contribution is 5.96. The second kappa shape index (κ2) is 6.13. The fraction of sp³-hybridized carbons (Fsp3) is 0.333. The van der Waals surface area contributed by atoms with Crippen LogP contribution in [0, 0.1) is 0 Å². The molecular formula is C18H19N3O3. The summed E-state index contributed by atoms with van der Waals surface area (Å²) in [5.41, 5.74) is 1.79. The summed E-state index contributed by atoms with van der Waals surface area (Å²) in [5.74, 6) is 1.35. The lowest BCUT2D eigenvalue weighted by Gasteiger charge is -2.23. The molecule has 2 aliphatic rings. The fourth-order valence-corrected chi connectivity index (χ4v) is 3.32. The van der Waals surface area contributed by atoms with Gasteiger partial charge in [0, 0.05) is 31.8 Å². The monoisotopic (exact) mass is 325 g/mol. The smallest absolute Gasteiger partial charge is 0.241 e. The van der Waals surface area contributed by atoms with Gasteiger partial charge in [-0.3, -0.25) is 9.69 Å². The van der Waals surface area contributed by atoms with Gasteiger partial charge in [-0.2, -0.15) is 0 Å². The zero-order valence-corrected chi connectivity index (χ0v) is 13.4. The summed E-state index contributed by atoms with van der Waals surface area (Å²) in [6, 6.07) is 11.2. The molecule has 0 aliphatic carbocycles. The van der Waals surface area contributed by atoms with Crippen molar-refractivity contribution in [3.63, 3.8) is 0 Å². The van der Waals surface area contributed by atoms with Crippen LogP contribution in [0.2, 0.25) is 0 Å². The van der Waals surface area contributed by atoms with Crippen molar-refractivity contribution < 1.29 is 14.3 Å². The van der Waals surface area contributed by atoms with Gasteiger partial charge in [0.25, 0.3) is 0 Å². The van der Waals surface area contributed by atoms with E-state index in [1.807, 2.05) is 36.4 Å². The molecule has 3 heterocycles. The van der Waals surface area contributed by atoms with Gasteiger partial charge >= 0.3 is 0 Å². The topological polar surface area (TPSA) is 63.7 Å². The molecule has 124 valence electrons. The van der Waals surface area contributed by atoms with E-state index in [-0.39, 0.29) is 18.1 Å². The number of hydrogen-bond donors (Lipinski definition) is 1. The zero-order valence-electron chi connectivity index (χ0n) is 13.4. The van der Waals surface area contributed by atoms with Gasteiger partial charge < -0.3 is 14.8 Å². The molecule has 0 radical (unpaired) electrons. The van der Waals surface area contributed by atoms with Gasteiger partial charge in [0.15, 0.2) is 0 Å². The maximum Gasteiger partial charge on any atom is 0.241 e. The molecule has 1 aromatic heterocycles. The van der Waals surface area contributed by atoms with Crippen molar-refractivity contribution in [3.05, 3.63) is 48.2 Å². The van der Waals surface area contributed by atoms with Crippen LogP contribution < -0.4 is 14.8 Å². The summed E-state index contributed by atoms with van der Waals surface area (Å²) in [7, 11) is 1.60. The minimum Gasteiger partial charge on any atom is -0.487 e. The predicted molar refractivity (Wildman–Crippen MR) is 89.1 cm³/mol. The van der Waals surface area contributed by atoms with E-state index in [1.165, 1.54) is 0 Å². The number of likely N-dealkylation sites (tertiary alicyclic amines) is 1. The number of ether oxygens (including phenoxy) is 2. The Morgan fingerprint density at radius 2 is 2.21 bits per heavy atom. The Morgan fingerprint density at radius 3 is 3.00 bits per heavy atom. The molecule has 1 N–H and O–H groups in total. The van der Waals surface area contributed by atoms with Crippen LogP contribution >= 0.6 is 0 Å². The molecule has 0 unspecified atom stereocenters. The van der Waals surface area contributed by atoms with Crippen molar-refractivity contribution >= 4 is 11.6 Å². The van der Waals surface area contributed by atoms with Crippen molar-refractivity contribution in [3.8, 4) is 11.6 Å². The molecule has 1 aromatic carbocycles. The minimum atomic E-state index is -0.189. The molecular weight excluding hydrogens is 306 g/mol. The summed E-state index contributed by atoms with van der Waals surface area (Å²) in [6.45, 7) is 1.38. The van der Waals surface area contributed by atoms with Crippen LogP contribution in [0.3, 0.4) is 0 Å². The second-order valence-electron chi connectivity index (χ2n) is 6.12. The first-order valence-electron chi connectivity index (χ1n) is 8.02. The van der Waals surface area contributed by atoms with E-state index >= 15 is 0 Å². The van der Waals surface area contributed by atoms with Gasteiger partial charge in [-0.15, -0.1) is 0 Å². The van der Waals surface area contributed by atoms with Crippen LogP contribution in [0.4, 0.5) is 5.69 Å². The van der Waals surface area contributed by atoms with E-state index in [0.717, 1.165) is 23.5 Å². The Balaban J connectivity index is 1.54. The quantitative estimate of drug-likeness (QED) is 0.936. The van der Waals surface area contributed by atoms with E-state index in [9.17, 15) is 4.79 Å². The molecule has 1 saturated heterocycles. The van der Waals surface area contributed by atoms with Crippen molar-refractivity contribution in [2.24, 2.45) is 0 Å². The number of benzene rings is 1. The van der Waals surface area contributed by atoms with Gasteiger partial charge in [0.2, 0.25) is 11.8 Å². The van der Waals surface area contributed by atoms with Crippen LogP contribution in [0.5, 0.6) is 11.6 Å². The highest BCUT2D eigenvalue weighted by atomic mass is 16.5. The van der Waals surface area contributed by atoms with E-state index in [0.29, 0.717) is 18.8 Å². The Hall–Kier alpha value is -2.60. The first-order chi connectivity index (χ1) is 11.7. The lowest BCUT2D eigenvalue weighted by atomic mass is 10.1. The van der Waals surface area contributed by atoms with Crippen LogP contribution in [0.1, 0.15) is 12.0 Å². The van der Waals surface area contributed by atoms with Crippen molar-refractivity contribution in [2.45, 2.75) is 25.1 Å². The lowest BCUT2D eigenvalue weighted by molar-refractivity contribution is -0.120. The number of anilines is 1. The standard InChI is InChI=1S/C18H19N3O3/c1-23-17-7-6-12(9-19-17)10-21-11-13-8-15(21)18(22)20-14-4-2-3-5-16(14)24-13/h2-7,9,13,15H,8,10-11H2,1H3,(H,20,22)/t13-,15-/m0/s1. The first kappa shape index (κ1) is 15.0.